The summed E-state index contributed by atoms with van der Waals surface area (Å²) in [5, 5.41) is 21.5. The van der Waals surface area contributed by atoms with Crippen molar-refractivity contribution >= 4 is 17.4 Å². The predicted molar refractivity (Wildman–Crippen MR) is 94.9 cm³/mol. The first kappa shape index (κ1) is 17.2. The summed E-state index contributed by atoms with van der Waals surface area (Å²) in [4.78, 5) is 27.1. The highest BCUT2D eigenvalue weighted by Gasteiger charge is 2.53. The predicted octanol–water partition coefficient (Wildman–Crippen LogP) is 2.74. The number of fused-ring (bicyclic) bond motifs is 1. The molecule has 0 radical (unpaired) electrons. The van der Waals surface area contributed by atoms with Gasteiger partial charge in [0.15, 0.2) is 0 Å². The van der Waals surface area contributed by atoms with Crippen molar-refractivity contribution in [2.45, 2.75) is 31.8 Å². The first-order valence-corrected chi connectivity index (χ1v) is 8.07. The third-order valence-electron chi connectivity index (χ3n) is 4.71. The number of nitrogens with zero attached hydrogens (tertiary/aromatic N) is 1. The average molecular weight is 339 g/mol. The van der Waals surface area contributed by atoms with Crippen molar-refractivity contribution in [3.8, 4) is 5.75 Å². The summed E-state index contributed by atoms with van der Waals surface area (Å²) in [7, 11) is 1.50. The van der Waals surface area contributed by atoms with Gasteiger partial charge in [-0.05, 0) is 35.2 Å². The second kappa shape index (κ2) is 5.43. The Labute approximate surface area is 146 Å². The van der Waals surface area contributed by atoms with E-state index in [1.807, 2.05) is 20.8 Å². The van der Waals surface area contributed by atoms with E-state index in [1.54, 1.807) is 30.3 Å². The number of Topliss-reactive ketones (excluding diaryl/α,β-unsaturated/α-hetero) is 1. The number of aliphatic hydroxyl groups is 1. The lowest BCUT2D eigenvalue weighted by Gasteiger charge is -2.37. The van der Waals surface area contributed by atoms with Crippen molar-refractivity contribution in [3.05, 3.63) is 59.2 Å². The van der Waals surface area contributed by atoms with Crippen molar-refractivity contribution < 1.29 is 19.8 Å². The molecule has 1 atom stereocenters. The van der Waals surface area contributed by atoms with Crippen molar-refractivity contribution in [1.82, 2.24) is 0 Å². The van der Waals surface area contributed by atoms with Gasteiger partial charge in [0.05, 0.1) is 5.69 Å². The highest BCUT2D eigenvalue weighted by atomic mass is 16.3. The van der Waals surface area contributed by atoms with Gasteiger partial charge in [-0.3, -0.25) is 9.59 Å². The summed E-state index contributed by atoms with van der Waals surface area (Å²) >= 11 is 0. The van der Waals surface area contributed by atoms with Crippen LogP contribution >= 0.6 is 0 Å². The molecule has 5 nitrogen and oxygen atoms in total. The first-order valence-electron chi connectivity index (χ1n) is 8.07. The SMILES string of the molecule is CN1C(=O)C(O)(c2cc(C(C)(C)C)ccc2O)C(=O)c2ccccc21. The zero-order valence-electron chi connectivity index (χ0n) is 14.7. The summed E-state index contributed by atoms with van der Waals surface area (Å²) in [5.74, 6) is -1.80. The van der Waals surface area contributed by atoms with Gasteiger partial charge in [-0.1, -0.05) is 39.0 Å². The van der Waals surface area contributed by atoms with Crippen LogP contribution in [-0.2, 0) is 15.8 Å². The molecule has 25 heavy (non-hydrogen) atoms. The molecule has 0 aromatic heterocycles. The van der Waals surface area contributed by atoms with Gasteiger partial charge in [-0.15, -0.1) is 0 Å². The second-order valence-corrected chi connectivity index (χ2v) is 7.40. The Kier molecular flexibility index (Phi) is 3.73. The van der Waals surface area contributed by atoms with Gasteiger partial charge in [-0.2, -0.15) is 0 Å². The summed E-state index contributed by atoms with van der Waals surface area (Å²) < 4.78 is 0. The molecule has 5 heteroatoms. The number of rotatable bonds is 1. The van der Waals surface area contributed by atoms with Crippen LogP contribution in [0.5, 0.6) is 5.75 Å². The molecule has 1 heterocycles. The number of phenolic OH excluding ortho intramolecular Hbond substituents is 1. The van der Waals surface area contributed by atoms with E-state index in [-0.39, 0.29) is 22.3 Å². The number of phenols is 1. The van der Waals surface area contributed by atoms with Gasteiger partial charge >= 0.3 is 0 Å². The number of likely N-dealkylation sites (N-methyl/N-ethyl adjacent to an activating group) is 1. The van der Waals surface area contributed by atoms with E-state index in [1.165, 1.54) is 24.1 Å². The Bertz CT molecular complexity index is 882. The van der Waals surface area contributed by atoms with Crippen molar-refractivity contribution in [3.63, 3.8) is 0 Å². The number of ketones is 1. The fourth-order valence-corrected chi connectivity index (χ4v) is 3.13. The highest BCUT2D eigenvalue weighted by Crippen LogP contribution is 2.42. The van der Waals surface area contributed by atoms with Gasteiger partial charge in [-0.25, -0.2) is 0 Å². The number of anilines is 1. The van der Waals surface area contributed by atoms with Crippen LogP contribution in [0.4, 0.5) is 5.69 Å². The summed E-state index contributed by atoms with van der Waals surface area (Å²) in [5.41, 5.74) is -1.33. The molecule has 2 aromatic carbocycles. The minimum atomic E-state index is -2.45. The highest BCUT2D eigenvalue weighted by molar-refractivity contribution is 6.27. The van der Waals surface area contributed by atoms with E-state index in [0.717, 1.165) is 5.56 Å². The van der Waals surface area contributed by atoms with E-state index in [9.17, 15) is 19.8 Å². The van der Waals surface area contributed by atoms with Crippen LogP contribution < -0.4 is 4.90 Å². The number of carbonyl (C=O) groups is 2. The van der Waals surface area contributed by atoms with Crippen LogP contribution in [0.2, 0.25) is 0 Å². The van der Waals surface area contributed by atoms with Crippen molar-refractivity contribution in [1.29, 1.82) is 0 Å². The molecule has 2 N–H and O–H groups in total. The largest absolute Gasteiger partial charge is 0.508 e. The number of hydrogen-bond donors (Lipinski definition) is 2. The summed E-state index contributed by atoms with van der Waals surface area (Å²) in [6, 6.07) is 11.3. The third-order valence-corrected chi connectivity index (χ3v) is 4.71. The molecule has 1 amide bonds. The Morgan fingerprint density at radius 3 is 2.32 bits per heavy atom. The van der Waals surface area contributed by atoms with Crippen LogP contribution in [-0.4, -0.2) is 29.0 Å². The molecule has 0 saturated carbocycles. The molecule has 0 aliphatic carbocycles. The normalized spacial score (nSPS) is 20.6. The van der Waals surface area contributed by atoms with Crippen LogP contribution in [0.15, 0.2) is 42.5 Å². The van der Waals surface area contributed by atoms with Crippen molar-refractivity contribution in [2.75, 3.05) is 11.9 Å². The van der Waals surface area contributed by atoms with E-state index < -0.39 is 17.3 Å². The van der Waals surface area contributed by atoms with Crippen LogP contribution in [0.25, 0.3) is 0 Å². The minimum absolute atomic E-state index is 0.0868. The monoisotopic (exact) mass is 339 g/mol. The first-order chi connectivity index (χ1) is 11.6. The lowest BCUT2D eigenvalue weighted by atomic mass is 9.77. The van der Waals surface area contributed by atoms with Crippen LogP contribution in [0.1, 0.15) is 42.3 Å². The van der Waals surface area contributed by atoms with Crippen LogP contribution in [0.3, 0.4) is 0 Å². The van der Waals surface area contributed by atoms with Gasteiger partial charge in [0, 0.05) is 18.2 Å². The fourth-order valence-electron chi connectivity index (χ4n) is 3.13. The maximum atomic E-state index is 13.0. The van der Waals surface area contributed by atoms with Gasteiger partial charge < -0.3 is 15.1 Å². The van der Waals surface area contributed by atoms with Crippen LogP contribution in [0, 0.1) is 0 Å². The number of benzene rings is 2. The molecule has 0 spiro atoms. The molecule has 2 aromatic rings. The molecular formula is C20H21NO4. The number of para-hydroxylation sites is 1. The second-order valence-electron chi connectivity index (χ2n) is 7.40. The molecule has 0 fully saturated rings. The number of hydrogen-bond acceptors (Lipinski definition) is 4. The van der Waals surface area contributed by atoms with Gasteiger partial charge in [0.25, 0.3) is 5.91 Å². The van der Waals surface area contributed by atoms with E-state index in [2.05, 4.69) is 0 Å². The molecule has 0 bridgehead atoms. The third kappa shape index (κ3) is 2.43. The lowest BCUT2D eigenvalue weighted by Crippen LogP contribution is -2.54. The van der Waals surface area contributed by atoms with E-state index >= 15 is 0 Å². The molecular weight excluding hydrogens is 318 g/mol. The number of carbonyl (C=O) groups excluding carboxylic acids is 2. The lowest BCUT2D eigenvalue weighted by molar-refractivity contribution is -0.133. The summed E-state index contributed by atoms with van der Waals surface area (Å²) in [6.07, 6.45) is 0. The minimum Gasteiger partial charge on any atom is -0.508 e. The molecule has 0 saturated heterocycles. The molecule has 130 valence electrons. The zero-order chi connectivity index (χ0) is 18.6. The molecule has 1 unspecified atom stereocenters. The Balaban J connectivity index is 2.26. The Morgan fingerprint density at radius 2 is 1.68 bits per heavy atom. The van der Waals surface area contributed by atoms with Crippen molar-refractivity contribution in [2.24, 2.45) is 0 Å². The Morgan fingerprint density at radius 1 is 1.04 bits per heavy atom. The number of amides is 1. The number of aromatic hydroxyl groups is 1. The van der Waals surface area contributed by atoms with E-state index in [0.29, 0.717) is 5.69 Å². The quantitative estimate of drug-likeness (QED) is 0.783. The average Bonchev–Trinajstić information content (AvgIpc) is 2.57. The zero-order valence-corrected chi connectivity index (χ0v) is 14.7. The maximum Gasteiger partial charge on any atom is 0.271 e. The fraction of sp³-hybridized carbons (Fsp3) is 0.300. The summed E-state index contributed by atoms with van der Waals surface area (Å²) in [6.45, 7) is 5.91. The smallest absolute Gasteiger partial charge is 0.271 e. The Hall–Kier alpha value is -2.66. The molecule has 1 aliphatic heterocycles. The van der Waals surface area contributed by atoms with E-state index in [4.69, 9.17) is 0 Å². The standard InChI is InChI=1S/C20H21NO4/c1-19(2,3)12-9-10-16(22)14(11-12)20(25)17(23)13-7-5-6-8-15(13)21(4)18(20)24/h5-11,22,25H,1-4H3. The van der Waals surface area contributed by atoms with Gasteiger partial charge in [0.2, 0.25) is 11.4 Å². The molecule has 3 rings (SSSR count). The maximum absolute atomic E-state index is 13.0. The van der Waals surface area contributed by atoms with Gasteiger partial charge in [0.1, 0.15) is 5.75 Å². The topological polar surface area (TPSA) is 77.8 Å². The molecule has 1 aliphatic rings.